The molecule has 0 aliphatic rings. The van der Waals surface area contributed by atoms with E-state index < -0.39 is 8.80 Å². The Labute approximate surface area is 262 Å². The molecule has 0 fully saturated rings. The molecule has 1 heterocycles. The molecule has 218 valence electrons. The fourth-order valence-corrected chi connectivity index (χ4v) is 22.3. The molecule has 2 rings (SSSR count). The second-order valence-corrected chi connectivity index (χ2v) is 23.7. The Balaban J connectivity index is 1.30. The molecule has 38 heavy (non-hydrogen) atoms. The largest absolute Gasteiger partial charge is 0.500 e. The Morgan fingerprint density at radius 1 is 0.684 bits per heavy atom. The van der Waals surface area contributed by atoms with Crippen LogP contribution in [0, 0.1) is 0 Å². The third-order valence-corrected chi connectivity index (χ3v) is 23.1. The van der Waals surface area contributed by atoms with Gasteiger partial charge in [-0.25, -0.2) is 4.98 Å². The summed E-state index contributed by atoms with van der Waals surface area (Å²) in [6, 6.07) is 9.30. The summed E-state index contributed by atoms with van der Waals surface area (Å²) < 4.78 is 20.3. The number of rotatable bonds is 26. The zero-order valence-electron chi connectivity index (χ0n) is 22.9. The number of hydrogen-bond acceptors (Lipinski definition) is 12. The van der Waals surface area contributed by atoms with Crippen LogP contribution in [0.5, 0.6) is 0 Å². The van der Waals surface area contributed by atoms with E-state index in [2.05, 4.69) is 23.2 Å². The van der Waals surface area contributed by atoms with Crippen LogP contribution in [0.3, 0.4) is 0 Å². The van der Waals surface area contributed by atoms with Gasteiger partial charge in [-0.15, -0.1) is 11.3 Å². The van der Waals surface area contributed by atoms with Crippen molar-refractivity contribution >= 4 is 101 Å². The molecular formula is C25H43NO3S8Si. The molecule has 0 saturated heterocycles. The van der Waals surface area contributed by atoms with E-state index in [0.717, 1.165) is 22.3 Å². The summed E-state index contributed by atoms with van der Waals surface area (Å²) in [5.41, 5.74) is 1.11. The van der Waals surface area contributed by atoms with E-state index in [4.69, 9.17) is 13.3 Å². The van der Waals surface area contributed by atoms with Crippen LogP contribution in [-0.4, -0.2) is 39.4 Å². The zero-order chi connectivity index (χ0) is 27.2. The van der Waals surface area contributed by atoms with Crippen LogP contribution in [0.1, 0.15) is 85.0 Å². The SMILES string of the molecule is CCO[Si](CCCCCCCCCCCCSSSSSSSc1nc2ccccc2s1)(OCC)OCC. The van der Waals surface area contributed by atoms with Crippen LogP contribution in [-0.2, 0) is 13.3 Å². The van der Waals surface area contributed by atoms with Crippen LogP contribution in [0.15, 0.2) is 28.6 Å². The molecule has 0 aliphatic carbocycles. The summed E-state index contributed by atoms with van der Waals surface area (Å²) in [5, 5.41) is 0. The molecule has 0 saturated carbocycles. The predicted molar refractivity (Wildman–Crippen MR) is 187 cm³/mol. The quantitative estimate of drug-likeness (QED) is 0.0538. The first-order chi connectivity index (χ1) is 18.7. The highest BCUT2D eigenvalue weighted by Crippen LogP contribution is 2.56. The minimum atomic E-state index is -2.43. The summed E-state index contributed by atoms with van der Waals surface area (Å²) in [6.45, 7) is 8.11. The standard InChI is InChI=1S/C25H43NO3S8Si/c1-4-27-38(28-5-2,29-6-3)22-18-14-12-10-8-7-9-11-13-17-21-30-33-35-37-36-34-32-25-26-23-19-15-16-20-24(23)31-25/h15-16,19-20H,4-14,17-18,21-22H2,1-3H3. The van der Waals surface area contributed by atoms with Gasteiger partial charge in [-0.3, -0.25) is 0 Å². The summed E-state index contributed by atoms with van der Waals surface area (Å²) >= 11 is 1.77. The molecule has 0 bridgehead atoms. The number of unbranched alkanes of at least 4 members (excludes halogenated alkanes) is 9. The lowest BCUT2D eigenvalue weighted by Crippen LogP contribution is -2.45. The second-order valence-electron chi connectivity index (χ2n) is 8.46. The van der Waals surface area contributed by atoms with Gasteiger partial charge in [-0.2, -0.15) is 0 Å². The molecule has 4 nitrogen and oxygen atoms in total. The molecule has 13 heteroatoms. The number of thiazole rings is 1. The van der Waals surface area contributed by atoms with Gasteiger partial charge in [0.15, 0.2) is 4.34 Å². The lowest BCUT2D eigenvalue weighted by atomic mass is 10.1. The summed E-state index contributed by atoms with van der Waals surface area (Å²) in [5.74, 6) is 1.26. The van der Waals surface area contributed by atoms with E-state index >= 15 is 0 Å². The first kappa shape index (κ1) is 35.9. The van der Waals surface area contributed by atoms with Crippen LogP contribution in [0.4, 0.5) is 0 Å². The molecule has 0 radical (unpaired) electrons. The Morgan fingerprint density at radius 2 is 1.24 bits per heavy atom. The lowest BCUT2D eigenvalue weighted by Gasteiger charge is -2.28. The molecule has 0 N–H and O–H groups in total. The maximum absolute atomic E-state index is 5.95. The fourth-order valence-electron chi connectivity index (χ4n) is 3.94. The van der Waals surface area contributed by atoms with Gasteiger partial charge in [-0.1, -0.05) is 74.3 Å². The van der Waals surface area contributed by atoms with Crippen molar-refractivity contribution in [3.63, 3.8) is 0 Å². The molecule has 0 atom stereocenters. The van der Waals surface area contributed by atoms with Crippen molar-refractivity contribution in [3.8, 4) is 0 Å². The molecule has 0 spiro atoms. The zero-order valence-corrected chi connectivity index (χ0v) is 30.4. The highest BCUT2D eigenvalue weighted by molar-refractivity contribution is 9.46. The molecular weight excluding hydrogens is 647 g/mol. The van der Waals surface area contributed by atoms with Gasteiger partial charge in [-0.05, 0) is 106 Å². The normalized spacial score (nSPS) is 12.1. The van der Waals surface area contributed by atoms with Gasteiger partial charge in [0.25, 0.3) is 0 Å². The van der Waals surface area contributed by atoms with Crippen molar-refractivity contribution in [2.45, 2.75) is 95.4 Å². The van der Waals surface area contributed by atoms with Gasteiger partial charge in [0.2, 0.25) is 0 Å². The topological polar surface area (TPSA) is 40.6 Å². The van der Waals surface area contributed by atoms with Crippen molar-refractivity contribution in [1.29, 1.82) is 0 Å². The van der Waals surface area contributed by atoms with Crippen LogP contribution in [0.2, 0.25) is 6.04 Å². The van der Waals surface area contributed by atoms with Crippen molar-refractivity contribution in [1.82, 2.24) is 4.98 Å². The number of fused-ring (bicyclic) bond motifs is 1. The van der Waals surface area contributed by atoms with Gasteiger partial charge in [0.1, 0.15) is 0 Å². The average molecular weight is 690 g/mol. The number of benzene rings is 1. The van der Waals surface area contributed by atoms with E-state index in [0.29, 0.717) is 19.8 Å². The van der Waals surface area contributed by atoms with E-state index in [1.807, 2.05) is 76.9 Å². The number of nitrogens with zero attached hydrogens (tertiary/aromatic N) is 1. The third kappa shape index (κ3) is 16.3. The first-order valence-corrected chi connectivity index (χ1v) is 25.4. The second kappa shape index (κ2) is 24.1. The van der Waals surface area contributed by atoms with Crippen LogP contribution in [0.25, 0.3) is 10.2 Å². The van der Waals surface area contributed by atoms with Crippen molar-refractivity contribution in [2.75, 3.05) is 25.6 Å². The summed E-state index contributed by atoms with van der Waals surface area (Å²) in [4.78, 5) is 4.66. The van der Waals surface area contributed by atoms with Crippen LogP contribution < -0.4 is 0 Å². The number of para-hydroxylation sites is 1. The Kier molecular flexibility index (Phi) is 22.8. The van der Waals surface area contributed by atoms with Crippen molar-refractivity contribution < 1.29 is 13.3 Å². The highest BCUT2D eigenvalue weighted by Gasteiger charge is 2.39. The van der Waals surface area contributed by atoms with Crippen molar-refractivity contribution in [2.24, 2.45) is 0 Å². The van der Waals surface area contributed by atoms with Gasteiger partial charge in [0.05, 0.1) is 10.2 Å². The smallest absolute Gasteiger partial charge is 0.374 e. The molecule has 1 aromatic heterocycles. The third-order valence-electron chi connectivity index (χ3n) is 5.59. The Morgan fingerprint density at radius 3 is 1.87 bits per heavy atom. The van der Waals surface area contributed by atoms with Gasteiger partial charge >= 0.3 is 8.80 Å². The Bertz CT molecular complexity index is 785. The van der Waals surface area contributed by atoms with E-state index in [1.165, 1.54) is 68.2 Å². The van der Waals surface area contributed by atoms with E-state index in [1.54, 1.807) is 32.0 Å². The summed E-state index contributed by atoms with van der Waals surface area (Å²) in [7, 11) is 10.6. The van der Waals surface area contributed by atoms with Gasteiger partial charge in [0, 0.05) is 31.6 Å². The molecule has 0 amide bonds. The first-order valence-electron chi connectivity index (χ1n) is 13.6. The fraction of sp³-hybridized carbons (Fsp3) is 0.720. The highest BCUT2D eigenvalue weighted by atomic mass is 33.9. The maximum atomic E-state index is 5.95. The minimum Gasteiger partial charge on any atom is -0.374 e. The maximum Gasteiger partial charge on any atom is 0.500 e. The van der Waals surface area contributed by atoms with Crippen LogP contribution >= 0.6 is 82.1 Å². The molecule has 0 unspecified atom stereocenters. The molecule has 2 aromatic rings. The Hall–Kier alpha value is 1.66. The molecule has 0 aliphatic heterocycles. The van der Waals surface area contributed by atoms with Crippen molar-refractivity contribution in [3.05, 3.63) is 24.3 Å². The lowest BCUT2D eigenvalue weighted by molar-refractivity contribution is 0.0706. The van der Waals surface area contributed by atoms with E-state index in [-0.39, 0.29) is 0 Å². The average Bonchev–Trinajstić information content (AvgIpc) is 3.33. The van der Waals surface area contributed by atoms with Gasteiger partial charge < -0.3 is 13.3 Å². The monoisotopic (exact) mass is 689 g/mol. The molecule has 1 aromatic carbocycles. The number of aromatic nitrogens is 1. The van der Waals surface area contributed by atoms with E-state index in [9.17, 15) is 0 Å². The minimum absolute atomic E-state index is 0.673. The summed E-state index contributed by atoms with van der Waals surface area (Å²) in [6.07, 6.45) is 13.3. The predicted octanol–water partition coefficient (Wildman–Crippen LogP) is 12.2. The number of hydrogen-bond donors (Lipinski definition) is 0.